The Labute approximate surface area is 144 Å². The van der Waals surface area contributed by atoms with Crippen LogP contribution in [-0.4, -0.2) is 16.7 Å². The second kappa shape index (κ2) is 5.86. The highest BCUT2D eigenvalue weighted by Crippen LogP contribution is 2.34. The van der Waals surface area contributed by atoms with Crippen LogP contribution in [0.1, 0.15) is 16.7 Å². The first-order chi connectivity index (χ1) is 11.1. The second-order valence-corrected chi connectivity index (χ2v) is 5.48. The van der Waals surface area contributed by atoms with Crippen molar-refractivity contribution < 1.29 is 4.79 Å². The lowest BCUT2D eigenvalue weighted by Crippen LogP contribution is -2.10. The molecule has 5 N–H and O–H groups in total. The Hall–Kier alpha value is -3.05. The largest absolute Gasteiger partial charge is 0.384 e. The summed E-state index contributed by atoms with van der Waals surface area (Å²) in [6, 6.07) is 13.2. The predicted octanol–water partition coefficient (Wildman–Crippen LogP) is 3.37. The SMILES string of the molecule is Cl.N=C(N)c1ccc2[nH]cc(C=C3C(=O)Nc4ccccc43)c2c1. The first-order valence-electron chi connectivity index (χ1n) is 7.21. The average Bonchev–Trinajstić information content (AvgIpc) is 3.09. The van der Waals surface area contributed by atoms with E-state index < -0.39 is 0 Å². The van der Waals surface area contributed by atoms with Gasteiger partial charge in [0.1, 0.15) is 5.84 Å². The zero-order chi connectivity index (χ0) is 16.0. The van der Waals surface area contributed by atoms with Gasteiger partial charge in [-0.25, -0.2) is 0 Å². The molecule has 0 spiro atoms. The molecule has 5 nitrogen and oxygen atoms in total. The van der Waals surface area contributed by atoms with E-state index >= 15 is 0 Å². The zero-order valence-electron chi connectivity index (χ0n) is 12.6. The van der Waals surface area contributed by atoms with Crippen LogP contribution in [0, 0.1) is 5.41 Å². The minimum Gasteiger partial charge on any atom is -0.384 e. The number of nitrogens with two attached hydrogens (primary N) is 1. The lowest BCUT2D eigenvalue weighted by molar-refractivity contribution is -0.110. The third kappa shape index (κ3) is 2.45. The summed E-state index contributed by atoms with van der Waals surface area (Å²) < 4.78 is 0. The lowest BCUT2D eigenvalue weighted by atomic mass is 10.0. The van der Waals surface area contributed by atoms with Crippen LogP contribution in [0.15, 0.2) is 48.7 Å². The number of carbonyl (C=O) groups is 1. The first kappa shape index (κ1) is 15.8. The van der Waals surface area contributed by atoms with Gasteiger partial charge in [-0.05, 0) is 30.3 Å². The van der Waals surface area contributed by atoms with Crippen molar-refractivity contribution in [3.8, 4) is 0 Å². The number of anilines is 1. The molecule has 0 atom stereocenters. The topological polar surface area (TPSA) is 94.8 Å². The molecule has 2 heterocycles. The van der Waals surface area contributed by atoms with Crippen molar-refractivity contribution in [3.05, 3.63) is 65.4 Å². The number of hydrogen-bond acceptors (Lipinski definition) is 2. The Balaban J connectivity index is 0.00000169. The van der Waals surface area contributed by atoms with E-state index in [9.17, 15) is 4.79 Å². The molecule has 24 heavy (non-hydrogen) atoms. The summed E-state index contributed by atoms with van der Waals surface area (Å²) in [5, 5.41) is 11.4. The van der Waals surface area contributed by atoms with Gasteiger partial charge in [0.15, 0.2) is 0 Å². The molecule has 2 aromatic carbocycles. The summed E-state index contributed by atoms with van der Waals surface area (Å²) in [5.41, 5.74) is 10.4. The summed E-state index contributed by atoms with van der Waals surface area (Å²) >= 11 is 0. The number of nitrogen functional groups attached to an aromatic ring is 1. The smallest absolute Gasteiger partial charge is 0.256 e. The fourth-order valence-electron chi connectivity index (χ4n) is 2.87. The van der Waals surface area contributed by atoms with E-state index in [4.69, 9.17) is 11.1 Å². The van der Waals surface area contributed by atoms with E-state index in [0.29, 0.717) is 11.1 Å². The van der Waals surface area contributed by atoms with E-state index in [0.717, 1.165) is 27.7 Å². The highest BCUT2D eigenvalue weighted by molar-refractivity contribution is 6.35. The number of para-hydroxylation sites is 1. The number of H-pyrrole nitrogens is 1. The molecule has 4 rings (SSSR count). The van der Waals surface area contributed by atoms with Gasteiger partial charge in [-0.1, -0.05) is 18.2 Å². The molecule has 0 unspecified atom stereocenters. The molecule has 0 aliphatic carbocycles. The van der Waals surface area contributed by atoms with Gasteiger partial charge in [-0.3, -0.25) is 10.2 Å². The van der Waals surface area contributed by atoms with Crippen molar-refractivity contribution in [1.29, 1.82) is 5.41 Å². The molecule has 1 aliphatic rings. The normalized spacial score (nSPS) is 14.3. The maximum absolute atomic E-state index is 12.2. The standard InChI is InChI=1S/C18H14N4O.ClH/c19-17(20)10-5-6-15-13(7-10)11(9-21-15)8-14-12-3-1-2-4-16(12)22-18(14)23;/h1-9,21H,(H3,19,20)(H,22,23);1H. The van der Waals surface area contributed by atoms with Crippen LogP contribution >= 0.6 is 12.4 Å². The van der Waals surface area contributed by atoms with Crippen molar-refractivity contribution in [2.75, 3.05) is 5.32 Å². The Kier molecular flexibility index (Phi) is 3.87. The number of amidine groups is 1. The van der Waals surface area contributed by atoms with Crippen LogP contribution in [0.4, 0.5) is 5.69 Å². The van der Waals surface area contributed by atoms with Gasteiger partial charge in [-0.2, -0.15) is 0 Å². The lowest BCUT2D eigenvalue weighted by Gasteiger charge is -2.00. The fourth-order valence-corrected chi connectivity index (χ4v) is 2.87. The molecule has 120 valence electrons. The first-order valence-corrected chi connectivity index (χ1v) is 7.21. The number of amides is 1. The van der Waals surface area contributed by atoms with E-state index in [1.165, 1.54) is 0 Å². The summed E-state index contributed by atoms with van der Waals surface area (Å²) in [4.78, 5) is 15.4. The van der Waals surface area contributed by atoms with Gasteiger partial charge in [-0.15, -0.1) is 12.4 Å². The number of halogens is 1. The number of fused-ring (bicyclic) bond motifs is 2. The predicted molar refractivity (Wildman–Crippen MR) is 99.5 cm³/mol. The summed E-state index contributed by atoms with van der Waals surface area (Å²) in [6.45, 7) is 0. The van der Waals surface area contributed by atoms with Crippen molar-refractivity contribution >= 4 is 52.4 Å². The van der Waals surface area contributed by atoms with Crippen LogP contribution in [-0.2, 0) is 4.79 Å². The van der Waals surface area contributed by atoms with Crippen LogP contribution in [0.5, 0.6) is 0 Å². The number of hydrogen-bond donors (Lipinski definition) is 4. The molecule has 1 amide bonds. The highest BCUT2D eigenvalue weighted by atomic mass is 35.5. The number of aromatic amines is 1. The second-order valence-electron chi connectivity index (χ2n) is 5.48. The van der Waals surface area contributed by atoms with Gasteiger partial charge in [0.2, 0.25) is 0 Å². The van der Waals surface area contributed by atoms with Crippen LogP contribution in [0.3, 0.4) is 0 Å². The Morgan fingerprint density at radius 2 is 1.96 bits per heavy atom. The molecule has 1 aromatic heterocycles. The van der Waals surface area contributed by atoms with Gasteiger partial charge in [0.25, 0.3) is 5.91 Å². The molecule has 0 saturated heterocycles. The van der Waals surface area contributed by atoms with Crippen molar-refractivity contribution in [3.63, 3.8) is 0 Å². The van der Waals surface area contributed by atoms with Gasteiger partial charge < -0.3 is 16.0 Å². The van der Waals surface area contributed by atoms with Crippen molar-refractivity contribution in [2.45, 2.75) is 0 Å². The van der Waals surface area contributed by atoms with Crippen molar-refractivity contribution in [1.82, 2.24) is 4.98 Å². The van der Waals surface area contributed by atoms with E-state index in [-0.39, 0.29) is 24.1 Å². The maximum Gasteiger partial charge on any atom is 0.256 e. The maximum atomic E-state index is 12.2. The Morgan fingerprint density at radius 3 is 2.75 bits per heavy atom. The molecule has 1 aliphatic heterocycles. The summed E-state index contributed by atoms with van der Waals surface area (Å²) in [6.07, 6.45) is 3.72. The van der Waals surface area contributed by atoms with Crippen molar-refractivity contribution in [2.24, 2.45) is 5.73 Å². The Morgan fingerprint density at radius 1 is 1.17 bits per heavy atom. The summed E-state index contributed by atoms with van der Waals surface area (Å²) in [5.74, 6) is -0.0843. The van der Waals surface area contributed by atoms with Gasteiger partial charge >= 0.3 is 0 Å². The zero-order valence-corrected chi connectivity index (χ0v) is 13.4. The minimum absolute atomic E-state index is 0. The monoisotopic (exact) mass is 338 g/mol. The molecule has 0 saturated carbocycles. The van der Waals surface area contributed by atoms with E-state index in [2.05, 4.69) is 10.3 Å². The van der Waals surface area contributed by atoms with Crippen LogP contribution in [0.25, 0.3) is 22.6 Å². The molecular formula is C18H15ClN4O. The number of aromatic nitrogens is 1. The van der Waals surface area contributed by atoms with Gasteiger partial charge in [0.05, 0.1) is 0 Å². The summed E-state index contributed by atoms with van der Waals surface area (Å²) in [7, 11) is 0. The molecule has 0 bridgehead atoms. The molecule has 3 aromatic rings. The highest BCUT2D eigenvalue weighted by Gasteiger charge is 2.23. The average molecular weight is 339 g/mol. The van der Waals surface area contributed by atoms with Crippen LogP contribution < -0.4 is 11.1 Å². The molecule has 0 radical (unpaired) electrons. The number of benzene rings is 2. The quantitative estimate of drug-likeness (QED) is 0.327. The Bertz CT molecular complexity index is 1000. The minimum atomic E-state index is -0.108. The fraction of sp³-hybridized carbons (Fsp3) is 0. The third-order valence-corrected chi connectivity index (χ3v) is 4.03. The molecular weight excluding hydrogens is 324 g/mol. The van der Waals surface area contributed by atoms with E-state index in [1.807, 2.05) is 48.7 Å². The number of rotatable bonds is 2. The number of nitrogens with one attached hydrogen (secondary N) is 3. The van der Waals surface area contributed by atoms with Gasteiger partial charge in [0, 0.05) is 45.1 Å². The van der Waals surface area contributed by atoms with E-state index in [1.54, 1.807) is 6.07 Å². The van der Waals surface area contributed by atoms with Crippen LogP contribution in [0.2, 0.25) is 0 Å². The third-order valence-electron chi connectivity index (χ3n) is 4.03. The molecule has 0 fully saturated rings. The molecule has 6 heteroatoms. The number of carbonyl (C=O) groups excluding carboxylic acids is 1.